The number of aliphatic hydroxyl groups excluding tert-OH is 1. The van der Waals surface area contributed by atoms with E-state index in [9.17, 15) is 5.11 Å². The van der Waals surface area contributed by atoms with Gasteiger partial charge in [-0.2, -0.15) is 0 Å². The zero-order valence-corrected chi connectivity index (χ0v) is 12.9. The maximum atomic E-state index is 10.2. The maximum Gasteiger partial charge on any atom is 0.103 e. The van der Waals surface area contributed by atoms with E-state index in [1.54, 1.807) is 0 Å². The van der Waals surface area contributed by atoms with Crippen LogP contribution in [0.5, 0.6) is 0 Å². The Hall–Kier alpha value is -1.08. The molecule has 0 aromatic heterocycles. The van der Waals surface area contributed by atoms with Gasteiger partial charge in [0.15, 0.2) is 0 Å². The van der Waals surface area contributed by atoms with Crippen LogP contribution in [-0.4, -0.2) is 11.2 Å². The smallest absolute Gasteiger partial charge is 0.103 e. The molecule has 0 saturated carbocycles. The molecule has 0 amide bonds. The summed E-state index contributed by atoms with van der Waals surface area (Å²) in [5.74, 6) is 0. The first kappa shape index (κ1) is 19.3. The molecule has 18 heavy (non-hydrogen) atoms. The predicted octanol–water partition coefficient (Wildman–Crippen LogP) is 5.20. The normalized spacial score (nSPS) is 14.8. The molecular weight excluding hydrogens is 220 g/mol. The highest BCUT2D eigenvalue weighted by molar-refractivity contribution is 5.36. The molecule has 1 unspecified atom stereocenters. The molecule has 104 valence electrons. The molecule has 0 aliphatic rings. The van der Waals surface area contributed by atoms with E-state index >= 15 is 0 Å². The molecule has 0 fully saturated rings. The predicted molar refractivity (Wildman–Crippen MR) is 83.7 cm³/mol. The average Bonchev–Trinajstić information content (AvgIpc) is 2.42. The number of hydrogen-bond donors (Lipinski definition) is 1. The summed E-state index contributed by atoms with van der Waals surface area (Å²) in [4.78, 5) is 0. The lowest BCUT2D eigenvalue weighted by Crippen LogP contribution is -2.11. The average molecular weight is 250 g/mol. The first-order chi connectivity index (χ1) is 8.71. The zero-order valence-electron chi connectivity index (χ0n) is 12.9. The fourth-order valence-corrected chi connectivity index (χ4v) is 1.49. The third kappa shape index (κ3) is 8.08. The zero-order chi connectivity index (χ0) is 14.4. The molecule has 0 bridgehead atoms. The van der Waals surface area contributed by atoms with Crippen LogP contribution in [0.2, 0.25) is 0 Å². The van der Waals surface area contributed by atoms with E-state index in [0.717, 1.165) is 24.0 Å². The van der Waals surface area contributed by atoms with Crippen LogP contribution < -0.4 is 0 Å². The highest BCUT2D eigenvalue weighted by Gasteiger charge is 2.10. The first-order valence-electron chi connectivity index (χ1n) is 7.04. The van der Waals surface area contributed by atoms with E-state index in [2.05, 4.69) is 26.0 Å². The molecule has 1 heteroatoms. The van der Waals surface area contributed by atoms with Gasteiger partial charge < -0.3 is 5.11 Å². The Morgan fingerprint density at radius 3 is 2.00 bits per heavy atom. The summed E-state index contributed by atoms with van der Waals surface area (Å²) >= 11 is 0. The third-order valence-electron chi connectivity index (χ3n) is 2.31. The SMILES string of the molecule is C/C=C\C(=C/C)C(O)C(/C=C\CC)=C/CC.CC. The van der Waals surface area contributed by atoms with Crippen molar-refractivity contribution in [2.45, 2.75) is 60.5 Å². The van der Waals surface area contributed by atoms with Crippen molar-refractivity contribution in [3.63, 3.8) is 0 Å². The fourth-order valence-electron chi connectivity index (χ4n) is 1.49. The summed E-state index contributed by atoms with van der Waals surface area (Å²) in [6.07, 6.45) is 13.4. The molecule has 0 heterocycles. The molecule has 1 N–H and O–H groups in total. The number of allylic oxidation sites excluding steroid dienone is 4. The van der Waals surface area contributed by atoms with Gasteiger partial charge in [-0.1, -0.05) is 64.2 Å². The Morgan fingerprint density at radius 2 is 1.61 bits per heavy atom. The third-order valence-corrected chi connectivity index (χ3v) is 2.31. The Labute approximate surface area is 114 Å². The Kier molecular flexibility index (Phi) is 15.0. The Morgan fingerprint density at radius 1 is 1.00 bits per heavy atom. The van der Waals surface area contributed by atoms with Gasteiger partial charge >= 0.3 is 0 Å². The van der Waals surface area contributed by atoms with Crippen molar-refractivity contribution in [1.29, 1.82) is 0 Å². The molecule has 0 aromatic carbocycles. The minimum absolute atomic E-state index is 0.510. The van der Waals surface area contributed by atoms with Crippen molar-refractivity contribution in [3.05, 3.63) is 47.6 Å². The van der Waals surface area contributed by atoms with Crippen molar-refractivity contribution in [3.8, 4) is 0 Å². The van der Waals surface area contributed by atoms with Gasteiger partial charge in [0.2, 0.25) is 0 Å². The van der Waals surface area contributed by atoms with E-state index < -0.39 is 6.10 Å². The van der Waals surface area contributed by atoms with E-state index in [0.29, 0.717) is 0 Å². The van der Waals surface area contributed by atoms with Crippen LogP contribution in [0.15, 0.2) is 47.6 Å². The molecular formula is C17H30O. The molecule has 1 atom stereocenters. The van der Waals surface area contributed by atoms with Gasteiger partial charge in [-0.25, -0.2) is 0 Å². The van der Waals surface area contributed by atoms with Gasteiger partial charge in [0.25, 0.3) is 0 Å². The highest BCUT2D eigenvalue weighted by Crippen LogP contribution is 2.16. The number of rotatable bonds is 6. The molecule has 0 saturated heterocycles. The lowest BCUT2D eigenvalue weighted by atomic mass is 9.99. The monoisotopic (exact) mass is 250 g/mol. The van der Waals surface area contributed by atoms with Crippen LogP contribution in [0.3, 0.4) is 0 Å². The summed E-state index contributed by atoms with van der Waals surface area (Å²) in [5.41, 5.74) is 1.93. The van der Waals surface area contributed by atoms with Crippen LogP contribution in [0.4, 0.5) is 0 Å². The minimum atomic E-state index is -0.510. The second-order valence-electron chi connectivity index (χ2n) is 3.61. The Balaban J connectivity index is 0. The van der Waals surface area contributed by atoms with Crippen molar-refractivity contribution in [2.24, 2.45) is 0 Å². The summed E-state index contributed by atoms with van der Waals surface area (Å²) in [6.45, 7) is 12.1. The number of aliphatic hydroxyl groups is 1. The largest absolute Gasteiger partial charge is 0.384 e. The molecule has 1 nitrogen and oxygen atoms in total. The summed E-state index contributed by atoms with van der Waals surface area (Å²) in [7, 11) is 0. The molecule has 0 aliphatic heterocycles. The van der Waals surface area contributed by atoms with Gasteiger partial charge in [-0.3, -0.25) is 0 Å². The molecule has 0 spiro atoms. The summed E-state index contributed by atoms with van der Waals surface area (Å²) in [5, 5.41) is 10.2. The van der Waals surface area contributed by atoms with Gasteiger partial charge in [0.05, 0.1) is 0 Å². The quantitative estimate of drug-likeness (QED) is 0.642. The van der Waals surface area contributed by atoms with Crippen molar-refractivity contribution < 1.29 is 5.11 Å². The van der Waals surface area contributed by atoms with Crippen molar-refractivity contribution >= 4 is 0 Å². The Bertz CT molecular complexity index is 293. The van der Waals surface area contributed by atoms with Gasteiger partial charge in [0, 0.05) is 0 Å². The fraction of sp³-hybridized carbons (Fsp3) is 0.529. The van der Waals surface area contributed by atoms with Gasteiger partial charge in [-0.15, -0.1) is 0 Å². The number of hydrogen-bond acceptors (Lipinski definition) is 1. The van der Waals surface area contributed by atoms with Crippen molar-refractivity contribution in [1.82, 2.24) is 0 Å². The van der Waals surface area contributed by atoms with E-state index in [-0.39, 0.29) is 0 Å². The standard InChI is InChI=1S/C15H24O.C2H6/c1-5-9-12-14(11-7-3)15(16)13(8-4)10-6-2;1-2/h6,8-12,15-16H,5,7H2,1-4H3;1-2H3/b10-6-,12-9-,13-8+,14-11+;. The second kappa shape index (κ2) is 14.0. The van der Waals surface area contributed by atoms with E-state index in [4.69, 9.17) is 0 Å². The van der Waals surface area contributed by atoms with E-state index in [1.807, 2.05) is 52.0 Å². The van der Waals surface area contributed by atoms with Gasteiger partial charge in [0.1, 0.15) is 6.10 Å². The van der Waals surface area contributed by atoms with Crippen molar-refractivity contribution in [2.75, 3.05) is 0 Å². The van der Waals surface area contributed by atoms with Crippen LogP contribution in [0, 0.1) is 0 Å². The second-order valence-corrected chi connectivity index (χ2v) is 3.61. The lowest BCUT2D eigenvalue weighted by Gasteiger charge is -2.13. The summed E-state index contributed by atoms with van der Waals surface area (Å²) < 4.78 is 0. The van der Waals surface area contributed by atoms with E-state index in [1.165, 1.54) is 0 Å². The minimum Gasteiger partial charge on any atom is -0.384 e. The van der Waals surface area contributed by atoms with Crippen LogP contribution in [0.25, 0.3) is 0 Å². The molecule has 0 rings (SSSR count). The lowest BCUT2D eigenvalue weighted by molar-refractivity contribution is 0.253. The first-order valence-corrected chi connectivity index (χ1v) is 7.04. The molecule has 0 aromatic rings. The van der Waals surface area contributed by atoms with Crippen LogP contribution >= 0.6 is 0 Å². The van der Waals surface area contributed by atoms with Crippen LogP contribution in [0.1, 0.15) is 54.4 Å². The summed E-state index contributed by atoms with van der Waals surface area (Å²) in [6, 6.07) is 0. The topological polar surface area (TPSA) is 20.2 Å². The molecule has 0 radical (unpaired) electrons. The van der Waals surface area contributed by atoms with Gasteiger partial charge in [-0.05, 0) is 37.8 Å². The molecule has 0 aliphatic carbocycles. The highest BCUT2D eigenvalue weighted by atomic mass is 16.3. The maximum absolute atomic E-state index is 10.2. The van der Waals surface area contributed by atoms with Crippen LogP contribution in [-0.2, 0) is 0 Å².